The molecule has 1 aromatic carbocycles. The number of hydrogen-bond donors (Lipinski definition) is 3. The van der Waals surface area contributed by atoms with E-state index in [1.54, 1.807) is 0 Å². The quantitative estimate of drug-likeness (QED) is 0.696. The normalized spacial score (nSPS) is 29.8. The second kappa shape index (κ2) is 6.08. The first kappa shape index (κ1) is 17.1. The minimum atomic E-state index is -0.462. The largest absolute Gasteiger partial charge is 0.362 e. The molecule has 2 amide bonds. The lowest BCUT2D eigenvalue weighted by Crippen LogP contribution is -2.61. The SMILES string of the molecule is O=C1N[C@]2(CC[C@@H]3CN(C(=O)c4n[nH]c5c4CCCC5)C[C@@H]32)Nc2ccccc21. The summed E-state index contributed by atoms with van der Waals surface area (Å²) in [7, 11) is 0. The summed E-state index contributed by atoms with van der Waals surface area (Å²) in [6.45, 7) is 1.40. The number of rotatable bonds is 1. The van der Waals surface area contributed by atoms with Crippen molar-refractivity contribution in [3.05, 3.63) is 46.8 Å². The van der Waals surface area contributed by atoms with Crippen molar-refractivity contribution in [2.24, 2.45) is 11.8 Å². The summed E-state index contributed by atoms with van der Waals surface area (Å²) in [5.74, 6) is 0.618. The van der Waals surface area contributed by atoms with Crippen molar-refractivity contribution in [2.45, 2.75) is 44.2 Å². The second-order valence-corrected chi connectivity index (χ2v) is 8.95. The Bertz CT molecular complexity index is 1010. The molecule has 2 fully saturated rings. The van der Waals surface area contributed by atoms with Crippen LogP contribution >= 0.6 is 0 Å². The number of carbonyl (C=O) groups is 2. The van der Waals surface area contributed by atoms with Crippen molar-refractivity contribution < 1.29 is 9.59 Å². The maximum absolute atomic E-state index is 13.3. The number of nitrogens with one attached hydrogen (secondary N) is 3. The summed E-state index contributed by atoms with van der Waals surface area (Å²) in [6, 6.07) is 7.66. The summed E-state index contributed by atoms with van der Waals surface area (Å²) >= 11 is 0. The predicted molar refractivity (Wildman–Crippen MR) is 108 cm³/mol. The monoisotopic (exact) mass is 391 g/mol. The summed E-state index contributed by atoms with van der Waals surface area (Å²) in [5, 5.41) is 14.3. The van der Waals surface area contributed by atoms with E-state index < -0.39 is 5.66 Å². The number of aryl methyl sites for hydroxylation is 1. The molecular formula is C22H25N5O2. The average Bonchev–Trinajstić information content (AvgIpc) is 3.43. The molecule has 6 rings (SSSR count). The van der Waals surface area contributed by atoms with Crippen LogP contribution in [0.5, 0.6) is 0 Å². The highest BCUT2D eigenvalue weighted by molar-refractivity contribution is 6.02. The van der Waals surface area contributed by atoms with Crippen LogP contribution in [0.25, 0.3) is 0 Å². The standard InChI is InChI=1S/C22H25N5O2/c28-20-15-6-2-3-7-17(15)23-22(24-20)10-9-13-11-27(12-16(13)22)21(29)19-14-5-1-4-8-18(14)25-26-19/h2-3,6-7,13,16,23H,1,4-5,8-12H2,(H,24,28)(H,25,26)/t13-,16+,22+/m1/s1. The number of amides is 2. The summed E-state index contributed by atoms with van der Waals surface area (Å²) in [5.41, 5.74) is 3.98. The average molecular weight is 391 g/mol. The van der Waals surface area contributed by atoms with Gasteiger partial charge in [-0.05, 0) is 56.6 Å². The lowest BCUT2D eigenvalue weighted by atomic mass is 9.89. The van der Waals surface area contributed by atoms with Crippen LogP contribution in [0.4, 0.5) is 5.69 Å². The van der Waals surface area contributed by atoms with Crippen LogP contribution in [0.1, 0.15) is 57.8 Å². The van der Waals surface area contributed by atoms with Crippen molar-refractivity contribution in [3.8, 4) is 0 Å². The topological polar surface area (TPSA) is 90.1 Å². The molecule has 2 aromatic rings. The molecule has 3 N–H and O–H groups in total. The number of para-hydroxylation sites is 1. The van der Waals surface area contributed by atoms with Gasteiger partial charge < -0.3 is 15.5 Å². The van der Waals surface area contributed by atoms with E-state index in [1.165, 1.54) is 0 Å². The van der Waals surface area contributed by atoms with E-state index in [9.17, 15) is 9.59 Å². The molecule has 29 heavy (non-hydrogen) atoms. The molecule has 2 aliphatic carbocycles. The molecule has 7 nitrogen and oxygen atoms in total. The van der Waals surface area contributed by atoms with E-state index in [0.717, 1.165) is 62.0 Å². The zero-order chi connectivity index (χ0) is 19.6. The van der Waals surface area contributed by atoms with Crippen molar-refractivity contribution in [1.82, 2.24) is 20.4 Å². The maximum atomic E-state index is 13.3. The van der Waals surface area contributed by atoms with Crippen LogP contribution in [-0.2, 0) is 12.8 Å². The van der Waals surface area contributed by atoms with Gasteiger partial charge in [0.25, 0.3) is 11.8 Å². The number of aromatic nitrogens is 2. The Kier molecular flexibility index (Phi) is 3.58. The number of carbonyl (C=O) groups excluding carboxylic acids is 2. The third-order valence-corrected chi connectivity index (χ3v) is 7.40. The number of aromatic amines is 1. The van der Waals surface area contributed by atoms with Crippen LogP contribution in [-0.4, -0.2) is 45.7 Å². The zero-order valence-electron chi connectivity index (χ0n) is 16.3. The number of likely N-dealkylation sites (tertiary alicyclic amines) is 1. The van der Waals surface area contributed by atoms with E-state index >= 15 is 0 Å². The van der Waals surface area contributed by atoms with E-state index in [4.69, 9.17) is 0 Å². The van der Waals surface area contributed by atoms with Crippen LogP contribution in [0.2, 0.25) is 0 Å². The Morgan fingerprint density at radius 1 is 1.14 bits per heavy atom. The van der Waals surface area contributed by atoms with Crippen molar-refractivity contribution in [1.29, 1.82) is 0 Å². The van der Waals surface area contributed by atoms with Gasteiger partial charge in [-0.2, -0.15) is 5.10 Å². The fourth-order valence-corrected chi connectivity index (χ4v) is 5.94. The molecule has 7 heteroatoms. The molecule has 1 saturated carbocycles. The Balaban J connectivity index is 1.26. The Hall–Kier alpha value is -2.83. The smallest absolute Gasteiger partial charge is 0.274 e. The van der Waals surface area contributed by atoms with E-state index in [1.807, 2.05) is 29.2 Å². The fourth-order valence-electron chi connectivity index (χ4n) is 5.94. The lowest BCUT2D eigenvalue weighted by Gasteiger charge is -2.42. The van der Waals surface area contributed by atoms with Crippen molar-refractivity contribution in [2.75, 3.05) is 18.4 Å². The van der Waals surface area contributed by atoms with E-state index in [0.29, 0.717) is 23.7 Å². The van der Waals surface area contributed by atoms with Crippen LogP contribution < -0.4 is 10.6 Å². The predicted octanol–water partition coefficient (Wildman–Crippen LogP) is 2.32. The van der Waals surface area contributed by atoms with E-state index in [-0.39, 0.29) is 17.7 Å². The molecule has 0 bridgehead atoms. The molecule has 0 unspecified atom stereocenters. The first-order valence-corrected chi connectivity index (χ1v) is 10.7. The van der Waals surface area contributed by atoms with Gasteiger partial charge in [0.2, 0.25) is 0 Å². The number of H-pyrrole nitrogens is 1. The lowest BCUT2D eigenvalue weighted by molar-refractivity contribution is 0.0761. The number of benzene rings is 1. The molecular weight excluding hydrogens is 366 g/mol. The molecule has 3 heterocycles. The number of anilines is 1. The van der Waals surface area contributed by atoms with Gasteiger partial charge in [-0.15, -0.1) is 0 Å². The van der Waals surface area contributed by atoms with Gasteiger partial charge >= 0.3 is 0 Å². The highest BCUT2D eigenvalue weighted by atomic mass is 16.2. The third kappa shape index (κ3) is 2.46. The molecule has 1 spiro atoms. The highest BCUT2D eigenvalue weighted by Crippen LogP contribution is 2.47. The van der Waals surface area contributed by atoms with Gasteiger partial charge in [-0.1, -0.05) is 12.1 Å². The Morgan fingerprint density at radius 3 is 2.93 bits per heavy atom. The summed E-state index contributed by atoms with van der Waals surface area (Å²) < 4.78 is 0. The molecule has 0 radical (unpaired) electrons. The summed E-state index contributed by atoms with van der Waals surface area (Å²) in [6.07, 6.45) is 6.10. The van der Waals surface area contributed by atoms with Gasteiger partial charge in [-0.3, -0.25) is 14.7 Å². The van der Waals surface area contributed by atoms with Gasteiger partial charge in [0.05, 0.1) is 5.56 Å². The van der Waals surface area contributed by atoms with Gasteiger partial charge in [0, 0.05) is 36.0 Å². The minimum absolute atomic E-state index is 0.0221. The maximum Gasteiger partial charge on any atom is 0.274 e. The van der Waals surface area contributed by atoms with Gasteiger partial charge in [0.1, 0.15) is 5.66 Å². The number of fused-ring (bicyclic) bond motifs is 4. The minimum Gasteiger partial charge on any atom is -0.362 e. The van der Waals surface area contributed by atoms with Crippen LogP contribution in [0, 0.1) is 11.8 Å². The van der Waals surface area contributed by atoms with Gasteiger partial charge in [-0.25, -0.2) is 0 Å². The molecule has 1 aromatic heterocycles. The molecule has 2 aliphatic heterocycles. The van der Waals surface area contributed by atoms with E-state index in [2.05, 4.69) is 20.8 Å². The summed E-state index contributed by atoms with van der Waals surface area (Å²) in [4.78, 5) is 28.0. The van der Waals surface area contributed by atoms with Crippen LogP contribution in [0.15, 0.2) is 24.3 Å². The molecule has 3 atom stereocenters. The highest BCUT2D eigenvalue weighted by Gasteiger charge is 2.56. The molecule has 1 saturated heterocycles. The molecule has 150 valence electrons. The fraction of sp³-hybridized carbons (Fsp3) is 0.500. The van der Waals surface area contributed by atoms with Crippen molar-refractivity contribution >= 4 is 17.5 Å². The Morgan fingerprint density at radius 2 is 2.00 bits per heavy atom. The van der Waals surface area contributed by atoms with Gasteiger partial charge in [0.15, 0.2) is 5.69 Å². The third-order valence-electron chi connectivity index (χ3n) is 7.40. The molecule has 4 aliphatic rings. The first-order chi connectivity index (χ1) is 14.1. The number of nitrogens with zero attached hydrogens (tertiary/aromatic N) is 2. The second-order valence-electron chi connectivity index (χ2n) is 8.95. The first-order valence-electron chi connectivity index (χ1n) is 10.7. The zero-order valence-corrected chi connectivity index (χ0v) is 16.3. The Labute approximate surface area is 169 Å². The van der Waals surface area contributed by atoms with Crippen molar-refractivity contribution in [3.63, 3.8) is 0 Å². The van der Waals surface area contributed by atoms with Crippen LogP contribution in [0.3, 0.4) is 0 Å². The number of hydrogen-bond acceptors (Lipinski definition) is 4.